The van der Waals surface area contributed by atoms with Gasteiger partial charge in [-0.05, 0) is 31.1 Å². The smallest absolute Gasteiger partial charge is 0.281 e. The van der Waals surface area contributed by atoms with Crippen LogP contribution < -0.4 is 4.90 Å². The van der Waals surface area contributed by atoms with Crippen molar-refractivity contribution >= 4 is 24.1 Å². The van der Waals surface area contributed by atoms with Gasteiger partial charge in [0.15, 0.2) is 11.5 Å². The second-order valence-electron chi connectivity index (χ2n) is 7.48. The fourth-order valence-electron chi connectivity index (χ4n) is 3.39. The molecule has 0 aliphatic carbocycles. The lowest BCUT2D eigenvalue weighted by Gasteiger charge is -2.23. The van der Waals surface area contributed by atoms with Crippen LogP contribution in [0.2, 0.25) is 0 Å². The van der Waals surface area contributed by atoms with E-state index in [1.807, 2.05) is 19.9 Å². The van der Waals surface area contributed by atoms with Gasteiger partial charge < -0.3 is 4.90 Å². The average Bonchev–Trinajstić information content (AvgIpc) is 3.15. The number of nitrogens with zero attached hydrogens (tertiary/aromatic N) is 6. The third kappa shape index (κ3) is 8.21. The summed E-state index contributed by atoms with van der Waals surface area (Å²) in [5, 5.41) is 0. The summed E-state index contributed by atoms with van der Waals surface area (Å²) < 4.78 is 27.5. The molecule has 1 saturated heterocycles. The lowest BCUT2D eigenvalue weighted by atomic mass is 10.1. The normalized spacial score (nSPS) is 15.5. The molecular formula is C24H38F2N6S. The van der Waals surface area contributed by atoms with E-state index in [9.17, 15) is 8.78 Å². The molecule has 184 valence electrons. The van der Waals surface area contributed by atoms with E-state index in [0.29, 0.717) is 23.1 Å². The van der Waals surface area contributed by atoms with Gasteiger partial charge in [0.1, 0.15) is 17.2 Å². The van der Waals surface area contributed by atoms with Gasteiger partial charge in [-0.2, -0.15) is 12.6 Å². The molecule has 0 saturated carbocycles. The van der Waals surface area contributed by atoms with E-state index in [-0.39, 0.29) is 5.69 Å². The zero-order chi connectivity index (χ0) is 24.8. The Morgan fingerprint density at radius 1 is 1.09 bits per heavy atom. The largest absolute Gasteiger partial charge is 0.356 e. The molecule has 9 heteroatoms. The van der Waals surface area contributed by atoms with Crippen LogP contribution in [0.3, 0.4) is 0 Å². The third-order valence-electron chi connectivity index (χ3n) is 4.74. The molecule has 0 spiro atoms. The molecule has 0 amide bonds. The lowest BCUT2D eigenvalue weighted by Crippen LogP contribution is -2.28. The maximum absolute atomic E-state index is 13.0. The molecule has 0 bridgehead atoms. The van der Waals surface area contributed by atoms with Gasteiger partial charge in [-0.3, -0.25) is 4.40 Å². The first-order valence-electron chi connectivity index (χ1n) is 11.7. The molecule has 0 aromatic carbocycles. The molecule has 1 fully saturated rings. The van der Waals surface area contributed by atoms with Crippen molar-refractivity contribution in [2.24, 2.45) is 5.92 Å². The van der Waals surface area contributed by atoms with Gasteiger partial charge in [-0.25, -0.2) is 28.7 Å². The van der Waals surface area contributed by atoms with Crippen LogP contribution >= 0.6 is 12.6 Å². The van der Waals surface area contributed by atoms with E-state index in [1.165, 1.54) is 31.7 Å². The SMILES string of the molecule is CC.CC1CCCCN(c2ccnc(-c3cnc4cnc(C(F)F)cn34)n2)C1.CCC.CS. The van der Waals surface area contributed by atoms with Gasteiger partial charge in [0.25, 0.3) is 6.43 Å². The number of hydrogen-bond donors (Lipinski definition) is 1. The third-order valence-corrected chi connectivity index (χ3v) is 4.74. The standard InChI is InChI=1S/C18H20F2N6.C3H8.C2H6.CH4S/c1-12-4-2-3-7-25(10-12)15-5-6-21-18(24-15)14-8-23-16-9-22-13(17(19)20)11-26(14)16;1-3-2;2*1-2/h5-6,8-9,11-12,17H,2-4,7,10H2,1H3;3H2,1-2H3;1-2H3;2H,1H3. The molecule has 4 heterocycles. The summed E-state index contributed by atoms with van der Waals surface area (Å²) in [5.41, 5.74) is 0.769. The minimum absolute atomic E-state index is 0.297. The summed E-state index contributed by atoms with van der Waals surface area (Å²) in [4.78, 5) is 19.3. The van der Waals surface area contributed by atoms with Crippen LogP contribution in [0.4, 0.5) is 14.6 Å². The highest BCUT2D eigenvalue weighted by molar-refractivity contribution is 7.79. The molecule has 1 aliphatic heterocycles. The predicted octanol–water partition coefficient (Wildman–Crippen LogP) is 6.74. The molecule has 3 aromatic rings. The van der Waals surface area contributed by atoms with Crippen LogP contribution in [0.5, 0.6) is 0 Å². The monoisotopic (exact) mass is 480 g/mol. The lowest BCUT2D eigenvalue weighted by molar-refractivity contribution is 0.145. The molecule has 1 unspecified atom stereocenters. The molecule has 3 aromatic heterocycles. The van der Waals surface area contributed by atoms with Gasteiger partial charge in [0.05, 0.1) is 12.4 Å². The van der Waals surface area contributed by atoms with E-state index < -0.39 is 6.43 Å². The molecule has 0 N–H and O–H groups in total. The molecule has 4 rings (SSSR count). The zero-order valence-electron chi connectivity index (χ0n) is 20.7. The van der Waals surface area contributed by atoms with Gasteiger partial charge in [-0.1, -0.05) is 47.5 Å². The number of rotatable bonds is 3. The maximum Gasteiger partial charge on any atom is 0.281 e. The second kappa shape index (κ2) is 15.5. The minimum Gasteiger partial charge on any atom is -0.356 e. The van der Waals surface area contributed by atoms with Gasteiger partial charge >= 0.3 is 0 Å². The van der Waals surface area contributed by atoms with Gasteiger partial charge in [0.2, 0.25) is 0 Å². The first-order chi connectivity index (χ1) is 16.0. The Labute approximate surface area is 202 Å². The number of alkyl halides is 2. The van der Waals surface area contributed by atoms with Crippen LogP contribution in [0, 0.1) is 5.92 Å². The van der Waals surface area contributed by atoms with E-state index in [4.69, 9.17) is 0 Å². The summed E-state index contributed by atoms with van der Waals surface area (Å²) in [6, 6.07) is 1.90. The Balaban J connectivity index is 0.000000705. The molecule has 1 atom stereocenters. The van der Waals surface area contributed by atoms with Crippen molar-refractivity contribution in [2.45, 2.75) is 66.7 Å². The van der Waals surface area contributed by atoms with Crippen molar-refractivity contribution < 1.29 is 8.78 Å². The van der Waals surface area contributed by atoms with Crippen molar-refractivity contribution in [1.82, 2.24) is 24.3 Å². The second-order valence-corrected chi connectivity index (χ2v) is 7.48. The summed E-state index contributed by atoms with van der Waals surface area (Å²) in [6.45, 7) is 12.4. The number of thiol groups is 1. The van der Waals surface area contributed by atoms with Crippen LogP contribution in [-0.2, 0) is 0 Å². The molecule has 0 radical (unpaired) electrons. The molecule has 1 aliphatic rings. The highest BCUT2D eigenvalue weighted by Gasteiger charge is 2.18. The topological polar surface area (TPSA) is 59.2 Å². The van der Waals surface area contributed by atoms with Crippen LogP contribution in [0.25, 0.3) is 17.2 Å². The number of halogens is 2. The first-order valence-corrected chi connectivity index (χ1v) is 12.6. The van der Waals surface area contributed by atoms with Crippen molar-refractivity contribution in [3.05, 3.63) is 36.5 Å². The van der Waals surface area contributed by atoms with E-state index in [1.54, 1.807) is 23.1 Å². The Morgan fingerprint density at radius 2 is 1.79 bits per heavy atom. The number of hydrogen-bond acceptors (Lipinski definition) is 6. The Kier molecular flexibility index (Phi) is 13.5. The Bertz CT molecular complexity index is 934. The maximum atomic E-state index is 13.0. The molecule has 6 nitrogen and oxygen atoms in total. The fraction of sp³-hybridized carbons (Fsp3) is 0.583. The first kappa shape index (κ1) is 28.7. The van der Waals surface area contributed by atoms with Gasteiger partial charge in [-0.15, -0.1) is 0 Å². The molecule has 33 heavy (non-hydrogen) atoms. The van der Waals surface area contributed by atoms with E-state index in [2.05, 4.69) is 58.2 Å². The Morgan fingerprint density at radius 3 is 2.45 bits per heavy atom. The van der Waals surface area contributed by atoms with Crippen molar-refractivity contribution in [2.75, 3.05) is 24.2 Å². The number of fused-ring (bicyclic) bond motifs is 1. The summed E-state index contributed by atoms with van der Waals surface area (Å²) in [6.07, 6.45) is 9.84. The van der Waals surface area contributed by atoms with Crippen LogP contribution in [0.15, 0.2) is 30.9 Å². The average molecular weight is 481 g/mol. The zero-order valence-corrected chi connectivity index (χ0v) is 21.6. The summed E-state index contributed by atoms with van der Waals surface area (Å²) in [5.74, 6) is 1.95. The van der Waals surface area contributed by atoms with E-state index >= 15 is 0 Å². The Hall–Kier alpha value is -2.29. The quantitative estimate of drug-likeness (QED) is 0.421. The predicted molar refractivity (Wildman–Crippen MR) is 136 cm³/mol. The molecular weight excluding hydrogens is 442 g/mol. The van der Waals surface area contributed by atoms with Crippen LogP contribution in [0.1, 0.15) is 72.4 Å². The summed E-state index contributed by atoms with van der Waals surface area (Å²) >= 11 is 3.53. The minimum atomic E-state index is -2.64. The fourth-order valence-corrected chi connectivity index (χ4v) is 3.39. The van der Waals surface area contributed by atoms with Gasteiger partial charge in [0, 0.05) is 25.5 Å². The van der Waals surface area contributed by atoms with E-state index in [0.717, 1.165) is 25.3 Å². The number of imidazole rings is 1. The summed E-state index contributed by atoms with van der Waals surface area (Å²) in [7, 11) is 0. The van der Waals surface area contributed by atoms with Crippen molar-refractivity contribution in [3.8, 4) is 11.5 Å². The number of aromatic nitrogens is 5. The highest BCUT2D eigenvalue weighted by atomic mass is 32.1. The highest BCUT2D eigenvalue weighted by Crippen LogP contribution is 2.24. The van der Waals surface area contributed by atoms with Crippen molar-refractivity contribution in [1.29, 1.82) is 0 Å². The number of anilines is 1. The van der Waals surface area contributed by atoms with Crippen LogP contribution in [-0.4, -0.2) is 43.7 Å². The van der Waals surface area contributed by atoms with Crippen molar-refractivity contribution in [3.63, 3.8) is 0 Å².